The van der Waals surface area contributed by atoms with E-state index in [1.165, 1.54) is 22.3 Å². The molecular weight excluding hydrogens is 324 g/mol. The van der Waals surface area contributed by atoms with Gasteiger partial charge in [0.1, 0.15) is 5.82 Å². The molecule has 0 saturated carbocycles. The van der Waals surface area contributed by atoms with Crippen molar-refractivity contribution in [3.8, 4) is 0 Å². The van der Waals surface area contributed by atoms with Crippen LogP contribution in [0.4, 0.5) is 11.5 Å². The molecule has 3 aromatic rings. The molecule has 0 spiro atoms. The first-order valence-electron chi connectivity index (χ1n) is 9.38. The average molecular weight is 348 g/mol. The number of pyridine rings is 1. The predicted molar refractivity (Wildman–Crippen MR) is 105 cm³/mol. The van der Waals surface area contributed by atoms with Gasteiger partial charge in [-0.05, 0) is 12.6 Å². The van der Waals surface area contributed by atoms with E-state index >= 15 is 0 Å². The lowest BCUT2D eigenvalue weighted by Gasteiger charge is -2.35. The fourth-order valence-corrected chi connectivity index (χ4v) is 4.02. The molecule has 0 bridgehead atoms. The van der Waals surface area contributed by atoms with Gasteiger partial charge in [-0.1, -0.05) is 30.3 Å². The van der Waals surface area contributed by atoms with Gasteiger partial charge >= 0.3 is 0 Å². The highest BCUT2D eigenvalue weighted by Crippen LogP contribution is 2.35. The molecule has 0 radical (unpaired) electrons. The van der Waals surface area contributed by atoms with Crippen LogP contribution in [0.25, 0.3) is 11.0 Å². The van der Waals surface area contributed by atoms with Crippen molar-refractivity contribution in [1.29, 1.82) is 0 Å². The Morgan fingerprint density at radius 1 is 1.04 bits per heavy atom. The van der Waals surface area contributed by atoms with Crippen LogP contribution in [-0.2, 0) is 13.0 Å². The summed E-state index contributed by atoms with van der Waals surface area (Å²) in [7, 11) is 2.18. The number of aromatic amines is 1. The number of rotatable bonds is 3. The molecule has 1 aromatic carbocycles. The molecule has 2 aliphatic heterocycles. The zero-order chi connectivity index (χ0) is 17.5. The molecular formula is C20H24N6. The van der Waals surface area contributed by atoms with Crippen molar-refractivity contribution in [3.63, 3.8) is 0 Å². The second-order valence-corrected chi connectivity index (χ2v) is 7.35. The van der Waals surface area contributed by atoms with Crippen molar-refractivity contribution < 1.29 is 0 Å². The quantitative estimate of drug-likeness (QED) is 0.787. The summed E-state index contributed by atoms with van der Waals surface area (Å²) in [6.45, 7) is 6.12. The van der Waals surface area contributed by atoms with Crippen LogP contribution in [0.1, 0.15) is 11.3 Å². The molecule has 5 rings (SSSR count). The summed E-state index contributed by atoms with van der Waals surface area (Å²) in [5.41, 5.74) is 4.68. The second kappa shape index (κ2) is 6.29. The third-order valence-electron chi connectivity index (χ3n) is 5.58. The van der Waals surface area contributed by atoms with Crippen LogP contribution in [0, 0.1) is 0 Å². The van der Waals surface area contributed by atoms with Crippen LogP contribution in [0.3, 0.4) is 0 Å². The number of piperazine rings is 1. The first-order chi connectivity index (χ1) is 12.8. The Morgan fingerprint density at radius 3 is 2.65 bits per heavy atom. The summed E-state index contributed by atoms with van der Waals surface area (Å²) >= 11 is 0. The van der Waals surface area contributed by atoms with Gasteiger partial charge in [0.15, 0.2) is 5.65 Å². The van der Waals surface area contributed by atoms with Gasteiger partial charge in [0.25, 0.3) is 0 Å². The van der Waals surface area contributed by atoms with Crippen molar-refractivity contribution in [2.24, 2.45) is 0 Å². The Balaban J connectivity index is 1.53. The van der Waals surface area contributed by atoms with Gasteiger partial charge in [0.2, 0.25) is 0 Å². The lowest BCUT2D eigenvalue weighted by atomic mass is 10.1. The Hall–Kier alpha value is -2.60. The maximum absolute atomic E-state index is 4.87. The molecule has 0 unspecified atom stereocenters. The Morgan fingerprint density at radius 2 is 1.85 bits per heavy atom. The molecule has 0 aliphatic carbocycles. The highest BCUT2D eigenvalue weighted by atomic mass is 15.3. The largest absolute Gasteiger partial charge is 0.366 e. The summed E-state index contributed by atoms with van der Waals surface area (Å²) < 4.78 is 0. The average Bonchev–Trinajstić information content (AvgIpc) is 3.09. The van der Waals surface area contributed by atoms with Gasteiger partial charge < -0.3 is 14.7 Å². The van der Waals surface area contributed by atoms with Gasteiger partial charge in [-0.2, -0.15) is 5.10 Å². The van der Waals surface area contributed by atoms with Crippen molar-refractivity contribution in [2.75, 3.05) is 49.6 Å². The first-order valence-corrected chi connectivity index (χ1v) is 9.38. The SMILES string of the molecule is CN1CCN(c2cc3c4c([nH]nc4n2)CCN3Cc2ccccc2)CC1. The number of H-pyrrole nitrogens is 1. The predicted octanol–water partition coefficient (Wildman–Crippen LogP) is 2.27. The minimum atomic E-state index is 0.851. The molecule has 6 nitrogen and oxygen atoms in total. The van der Waals surface area contributed by atoms with E-state index in [9.17, 15) is 0 Å². The van der Waals surface area contributed by atoms with E-state index in [0.717, 1.165) is 57.2 Å². The summed E-state index contributed by atoms with van der Waals surface area (Å²) in [6.07, 6.45) is 0.992. The third-order valence-corrected chi connectivity index (χ3v) is 5.58. The van der Waals surface area contributed by atoms with E-state index in [1.807, 2.05) is 0 Å². The number of nitrogens with zero attached hydrogens (tertiary/aromatic N) is 5. The van der Waals surface area contributed by atoms with Crippen LogP contribution in [-0.4, -0.2) is 59.9 Å². The zero-order valence-corrected chi connectivity index (χ0v) is 15.1. The van der Waals surface area contributed by atoms with Crippen LogP contribution in [0.2, 0.25) is 0 Å². The number of benzene rings is 1. The van der Waals surface area contributed by atoms with Crippen LogP contribution in [0.5, 0.6) is 0 Å². The molecule has 6 heteroatoms. The van der Waals surface area contributed by atoms with Crippen LogP contribution >= 0.6 is 0 Å². The van der Waals surface area contributed by atoms with Crippen molar-refractivity contribution >= 4 is 22.5 Å². The number of likely N-dealkylation sites (N-methyl/N-ethyl adjacent to an activating group) is 1. The topological polar surface area (TPSA) is 51.3 Å². The minimum absolute atomic E-state index is 0.851. The fourth-order valence-electron chi connectivity index (χ4n) is 4.02. The molecule has 26 heavy (non-hydrogen) atoms. The molecule has 1 N–H and O–H groups in total. The lowest BCUT2D eigenvalue weighted by Crippen LogP contribution is -2.45. The Bertz CT molecular complexity index is 911. The highest BCUT2D eigenvalue weighted by Gasteiger charge is 2.25. The summed E-state index contributed by atoms with van der Waals surface area (Å²) in [5, 5.41) is 8.91. The normalized spacial score (nSPS) is 17.9. The molecule has 2 aliphatic rings. The van der Waals surface area contributed by atoms with Gasteiger partial charge in [-0.15, -0.1) is 0 Å². The van der Waals surface area contributed by atoms with Gasteiger partial charge in [0.05, 0.1) is 11.1 Å². The maximum Gasteiger partial charge on any atom is 0.185 e. The van der Waals surface area contributed by atoms with Gasteiger partial charge in [-0.25, -0.2) is 4.98 Å². The summed E-state index contributed by atoms with van der Waals surface area (Å²) in [5.74, 6) is 1.05. The van der Waals surface area contributed by atoms with Crippen LogP contribution < -0.4 is 9.80 Å². The van der Waals surface area contributed by atoms with Crippen LogP contribution in [0.15, 0.2) is 36.4 Å². The highest BCUT2D eigenvalue weighted by molar-refractivity contribution is 5.94. The number of hydrogen-bond acceptors (Lipinski definition) is 5. The smallest absolute Gasteiger partial charge is 0.185 e. The molecule has 134 valence electrons. The lowest BCUT2D eigenvalue weighted by molar-refractivity contribution is 0.312. The Kier molecular flexibility index (Phi) is 3.78. The van der Waals surface area contributed by atoms with E-state index in [2.05, 4.69) is 68.3 Å². The van der Waals surface area contributed by atoms with E-state index in [4.69, 9.17) is 4.98 Å². The standard InChI is InChI=1S/C20H24N6/c1-24-9-11-25(12-10-24)18-13-17-19-16(22-23-20(19)21-18)7-8-26(17)14-15-5-3-2-4-6-15/h2-6,13H,7-12,14H2,1H3,(H,21,22,23). The molecule has 0 atom stereocenters. The maximum atomic E-state index is 4.87. The van der Waals surface area contributed by atoms with Crippen molar-refractivity contribution in [1.82, 2.24) is 20.1 Å². The minimum Gasteiger partial charge on any atom is -0.366 e. The number of anilines is 2. The molecule has 4 heterocycles. The summed E-state index contributed by atoms with van der Waals surface area (Å²) in [4.78, 5) is 12.1. The second-order valence-electron chi connectivity index (χ2n) is 7.35. The monoisotopic (exact) mass is 348 g/mol. The van der Waals surface area contributed by atoms with E-state index < -0.39 is 0 Å². The summed E-state index contributed by atoms with van der Waals surface area (Å²) in [6, 6.07) is 13.0. The number of aromatic nitrogens is 3. The first kappa shape index (κ1) is 15.6. The number of nitrogens with one attached hydrogen (secondary N) is 1. The van der Waals surface area contributed by atoms with E-state index in [0.29, 0.717) is 0 Å². The number of hydrogen-bond donors (Lipinski definition) is 1. The van der Waals surface area contributed by atoms with Crippen molar-refractivity contribution in [2.45, 2.75) is 13.0 Å². The Labute approximate surface area is 153 Å². The molecule has 2 aromatic heterocycles. The van der Waals surface area contributed by atoms with E-state index in [1.54, 1.807) is 0 Å². The molecule has 0 amide bonds. The van der Waals surface area contributed by atoms with E-state index in [-0.39, 0.29) is 0 Å². The fraction of sp³-hybridized carbons (Fsp3) is 0.400. The van der Waals surface area contributed by atoms with Gasteiger partial charge in [-0.3, -0.25) is 5.10 Å². The van der Waals surface area contributed by atoms with Crippen molar-refractivity contribution in [3.05, 3.63) is 47.7 Å². The third kappa shape index (κ3) is 2.70. The van der Waals surface area contributed by atoms with Gasteiger partial charge in [0, 0.05) is 57.4 Å². The zero-order valence-electron chi connectivity index (χ0n) is 15.1. The molecule has 1 fully saturated rings. The molecule has 1 saturated heterocycles.